The average Bonchev–Trinajstić information content (AvgIpc) is 2.69. The van der Waals surface area contributed by atoms with Crippen LogP contribution < -0.4 is 15.4 Å². The molecule has 0 bridgehead atoms. The van der Waals surface area contributed by atoms with Crippen molar-refractivity contribution in [3.8, 4) is 5.75 Å². The van der Waals surface area contributed by atoms with Crippen LogP contribution in [0.25, 0.3) is 0 Å². The molecule has 2 aromatic carbocycles. The molecule has 3 rings (SSSR count). The Bertz CT molecular complexity index is 951. The average molecular weight is 387 g/mol. The van der Waals surface area contributed by atoms with E-state index in [4.69, 9.17) is 16.3 Å². The molecule has 3 aromatic rings. The predicted octanol–water partition coefficient (Wildman–Crippen LogP) is 3.95. The van der Waals surface area contributed by atoms with Gasteiger partial charge < -0.3 is 15.4 Å². The number of carbonyl (C=O) groups is 1. The summed E-state index contributed by atoms with van der Waals surface area (Å²) in [4.78, 5) is 20.4. The van der Waals surface area contributed by atoms with Gasteiger partial charge in [0.15, 0.2) is 0 Å². The first-order chi connectivity index (χ1) is 13.0. The number of carbonyl (C=O) groups excluding carboxylic acids is 1. The van der Waals surface area contributed by atoms with Crippen LogP contribution in [0.4, 0.5) is 15.9 Å². The molecule has 0 unspecified atom stereocenters. The first kappa shape index (κ1) is 18.6. The molecule has 1 aromatic heterocycles. The SMILES string of the molecule is COc1ccc(CNC(=O)c2cc(Nc3ccc(F)c(Cl)c3)ncn2)cc1. The van der Waals surface area contributed by atoms with Crippen LogP contribution >= 0.6 is 11.6 Å². The number of amides is 1. The lowest BCUT2D eigenvalue weighted by Gasteiger charge is -2.09. The topological polar surface area (TPSA) is 76.1 Å². The van der Waals surface area contributed by atoms with Gasteiger partial charge in [0.05, 0.1) is 12.1 Å². The molecule has 0 spiro atoms. The quantitative estimate of drug-likeness (QED) is 0.670. The maximum absolute atomic E-state index is 13.2. The van der Waals surface area contributed by atoms with Crippen LogP contribution in [0.5, 0.6) is 5.75 Å². The summed E-state index contributed by atoms with van der Waals surface area (Å²) >= 11 is 5.76. The van der Waals surface area contributed by atoms with Gasteiger partial charge in [0.25, 0.3) is 5.91 Å². The fraction of sp³-hybridized carbons (Fsp3) is 0.105. The lowest BCUT2D eigenvalue weighted by Crippen LogP contribution is -2.24. The maximum atomic E-state index is 13.2. The van der Waals surface area contributed by atoms with Crippen molar-refractivity contribution < 1.29 is 13.9 Å². The third-order valence-corrected chi connectivity index (χ3v) is 3.99. The van der Waals surface area contributed by atoms with Gasteiger partial charge in [-0.25, -0.2) is 14.4 Å². The summed E-state index contributed by atoms with van der Waals surface area (Å²) in [5, 5.41) is 5.74. The zero-order valence-corrected chi connectivity index (χ0v) is 15.1. The van der Waals surface area contributed by atoms with E-state index >= 15 is 0 Å². The summed E-state index contributed by atoms with van der Waals surface area (Å²) in [6.45, 7) is 0.350. The smallest absolute Gasteiger partial charge is 0.270 e. The number of nitrogens with one attached hydrogen (secondary N) is 2. The number of nitrogens with zero attached hydrogens (tertiary/aromatic N) is 2. The van der Waals surface area contributed by atoms with Crippen LogP contribution in [0.3, 0.4) is 0 Å². The Morgan fingerprint density at radius 3 is 2.63 bits per heavy atom. The van der Waals surface area contributed by atoms with E-state index in [1.54, 1.807) is 7.11 Å². The summed E-state index contributed by atoms with van der Waals surface area (Å²) in [5.74, 6) is 0.289. The number of methoxy groups -OCH3 is 1. The second-order valence-electron chi connectivity index (χ2n) is 5.57. The van der Waals surface area contributed by atoms with Gasteiger partial charge in [-0.3, -0.25) is 4.79 Å². The van der Waals surface area contributed by atoms with E-state index in [2.05, 4.69) is 20.6 Å². The number of ether oxygens (including phenoxy) is 1. The third kappa shape index (κ3) is 4.92. The molecule has 0 aliphatic carbocycles. The highest BCUT2D eigenvalue weighted by molar-refractivity contribution is 6.31. The maximum Gasteiger partial charge on any atom is 0.270 e. The lowest BCUT2D eigenvalue weighted by molar-refractivity contribution is 0.0946. The molecule has 0 fully saturated rings. The van der Waals surface area contributed by atoms with Gasteiger partial charge in [-0.1, -0.05) is 23.7 Å². The highest BCUT2D eigenvalue weighted by Gasteiger charge is 2.09. The molecule has 0 aliphatic rings. The van der Waals surface area contributed by atoms with E-state index in [1.165, 1.54) is 30.6 Å². The molecular formula is C19H16ClFN4O2. The number of rotatable bonds is 6. The van der Waals surface area contributed by atoms with E-state index in [0.717, 1.165) is 11.3 Å². The fourth-order valence-electron chi connectivity index (χ4n) is 2.29. The van der Waals surface area contributed by atoms with Crippen molar-refractivity contribution in [1.82, 2.24) is 15.3 Å². The zero-order valence-electron chi connectivity index (χ0n) is 14.4. The molecule has 6 nitrogen and oxygen atoms in total. The number of aromatic nitrogens is 2. The van der Waals surface area contributed by atoms with Crippen LogP contribution in [0.1, 0.15) is 16.1 Å². The lowest BCUT2D eigenvalue weighted by atomic mass is 10.2. The van der Waals surface area contributed by atoms with E-state index in [0.29, 0.717) is 18.1 Å². The molecule has 0 saturated carbocycles. The summed E-state index contributed by atoms with van der Waals surface area (Å²) in [6, 6.07) is 13.1. The Kier molecular flexibility index (Phi) is 5.83. The molecule has 0 saturated heterocycles. The third-order valence-electron chi connectivity index (χ3n) is 3.70. The first-order valence-electron chi connectivity index (χ1n) is 8.00. The van der Waals surface area contributed by atoms with Gasteiger partial charge in [-0.05, 0) is 35.9 Å². The summed E-state index contributed by atoms with van der Waals surface area (Å²) < 4.78 is 18.3. The molecule has 1 amide bonds. The number of hydrogen-bond donors (Lipinski definition) is 2. The first-order valence-corrected chi connectivity index (χ1v) is 8.38. The number of halogens is 2. The van der Waals surface area contributed by atoms with Gasteiger partial charge >= 0.3 is 0 Å². The molecule has 0 radical (unpaired) electrons. The second kappa shape index (κ2) is 8.46. The number of anilines is 2. The van der Waals surface area contributed by atoms with Gasteiger partial charge in [0, 0.05) is 18.3 Å². The van der Waals surface area contributed by atoms with Crippen LogP contribution in [0.15, 0.2) is 54.9 Å². The summed E-state index contributed by atoms with van der Waals surface area (Å²) in [6.07, 6.45) is 1.27. The van der Waals surface area contributed by atoms with Crippen LogP contribution in [-0.2, 0) is 6.54 Å². The molecule has 1 heterocycles. The highest BCUT2D eigenvalue weighted by atomic mass is 35.5. The van der Waals surface area contributed by atoms with E-state index in [-0.39, 0.29) is 16.6 Å². The monoisotopic (exact) mass is 386 g/mol. The zero-order chi connectivity index (χ0) is 19.2. The molecule has 0 atom stereocenters. The minimum atomic E-state index is -0.511. The van der Waals surface area contributed by atoms with E-state index in [1.807, 2.05) is 24.3 Å². The van der Waals surface area contributed by atoms with E-state index in [9.17, 15) is 9.18 Å². The normalized spacial score (nSPS) is 10.3. The largest absolute Gasteiger partial charge is 0.497 e. The Morgan fingerprint density at radius 1 is 1.15 bits per heavy atom. The van der Waals surface area contributed by atoms with Gasteiger partial charge in [-0.15, -0.1) is 0 Å². The standard InChI is InChI=1S/C19H16ClFN4O2/c1-27-14-5-2-12(3-6-14)10-22-19(26)17-9-18(24-11-23-17)25-13-4-7-16(21)15(20)8-13/h2-9,11H,10H2,1H3,(H,22,26)(H,23,24,25). The van der Waals surface area contributed by atoms with E-state index < -0.39 is 5.82 Å². The van der Waals surface area contributed by atoms with Crippen molar-refractivity contribution in [3.63, 3.8) is 0 Å². The number of benzene rings is 2. The second-order valence-corrected chi connectivity index (χ2v) is 5.98. The molecule has 2 N–H and O–H groups in total. The van der Waals surface area contributed by atoms with Crippen LogP contribution in [0.2, 0.25) is 5.02 Å². The Morgan fingerprint density at radius 2 is 1.93 bits per heavy atom. The Hall–Kier alpha value is -3.19. The van der Waals surface area contributed by atoms with Crippen molar-refractivity contribution in [2.24, 2.45) is 0 Å². The van der Waals surface area contributed by atoms with Crippen LogP contribution in [0, 0.1) is 5.82 Å². The van der Waals surface area contributed by atoms with Crippen molar-refractivity contribution in [2.75, 3.05) is 12.4 Å². The highest BCUT2D eigenvalue weighted by Crippen LogP contribution is 2.22. The molecule has 138 valence electrons. The van der Waals surface area contributed by atoms with Crippen molar-refractivity contribution in [3.05, 3.63) is 77.0 Å². The Balaban J connectivity index is 1.64. The fourth-order valence-corrected chi connectivity index (χ4v) is 2.47. The molecule has 8 heteroatoms. The summed E-state index contributed by atoms with van der Waals surface area (Å²) in [5.41, 5.74) is 1.68. The van der Waals surface area contributed by atoms with Gasteiger partial charge in [-0.2, -0.15) is 0 Å². The minimum Gasteiger partial charge on any atom is -0.497 e. The van der Waals surface area contributed by atoms with Crippen molar-refractivity contribution >= 4 is 29.0 Å². The van der Waals surface area contributed by atoms with Crippen molar-refractivity contribution in [1.29, 1.82) is 0 Å². The van der Waals surface area contributed by atoms with Crippen LogP contribution in [-0.4, -0.2) is 23.0 Å². The summed E-state index contributed by atoms with van der Waals surface area (Å²) in [7, 11) is 1.59. The Labute approximate surface area is 160 Å². The molecule has 27 heavy (non-hydrogen) atoms. The molecular weight excluding hydrogens is 371 g/mol. The van der Waals surface area contributed by atoms with Gasteiger partial charge in [0.2, 0.25) is 0 Å². The van der Waals surface area contributed by atoms with Crippen molar-refractivity contribution in [2.45, 2.75) is 6.54 Å². The predicted molar refractivity (Wildman–Crippen MR) is 101 cm³/mol. The van der Waals surface area contributed by atoms with Gasteiger partial charge in [0.1, 0.15) is 29.4 Å². The molecule has 0 aliphatic heterocycles. The minimum absolute atomic E-state index is 0.00786. The number of hydrogen-bond acceptors (Lipinski definition) is 5.